The summed E-state index contributed by atoms with van der Waals surface area (Å²) in [6, 6.07) is 6.26. The molecule has 0 aromatic heterocycles. The van der Waals surface area contributed by atoms with E-state index in [0.717, 1.165) is 24.8 Å². The Morgan fingerprint density at radius 2 is 2.00 bits per heavy atom. The monoisotopic (exact) mass is 343 g/mol. The van der Waals surface area contributed by atoms with Crippen LogP contribution in [-0.4, -0.2) is 22.6 Å². The Morgan fingerprint density at radius 3 is 2.67 bits per heavy atom. The van der Waals surface area contributed by atoms with Crippen molar-refractivity contribution in [3.05, 3.63) is 34.9 Å². The van der Waals surface area contributed by atoms with Crippen LogP contribution in [0.15, 0.2) is 18.2 Å². The lowest BCUT2D eigenvalue weighted by Crippen LogP contribution is -2.41. The molecule has 3 heteroatoms. The molecule has 2 nitrogen and oxygen atoms in total. The zero-order valence-electron chi connectivity index (χ0n) is 15.0. The number of halogens is 1. The van der Waals surface area contributed by atoms with Crippen LogP contribution in [-0.2, 0) is 12.8 Å². The average Bonchev–Trinajstić information content (AvgIpc) is 3.09. The van der Waals surface area contributed by atoms with Crippen LogP contribution in [0.2, 0.25) is 0 Å². The van der Waals surface area contributed by atoms with E-state index in [2.05, 4.69) is 44.7 Å². The van der Waals surface area contributed by atoms with Gasteiger partial charge >= 0.3 is 0 Å². The van der Waals surface area contributed by atoms with E-state index in [9.17, 15) is 5.11 Å². The smallest absolute Gasteiger partial charge is 0.125 e. The quantitative estimate of drug-likeness (QED) is 0.704. The number of hydrogen-bond acceptors (Lipinski definition) is 2. The molecular formula is C21H26ClNO. The fourth-order valence-electron chi connectivity index (χ4n) is 4.60. The molecule has 0 spiro atoms. The van der Waals surface area contributed by atoms with Crippen molar-refractivity contribution in [2.24, 2.45) is 0 Å². The first-order chi connectivity index (χ1) is 11.3. The molecule has 0 saturated heterocycles. The summed E-state index contributed by atoms with van der Waals surface area (Å²) in [5.74, 6) is 0.701. The average molecular weight is 344 g/mol. The van der Waals surface area contributed by atoms with Crippen LogP contribution in [0.1, 0.15) is 56.7 Å². The summed E-state index contributed by atoms with van der Waals surface area (Å²) in [5.41, 5.74) is 5.43. The number of anilines is 1. The van der Waals surface area contributed by atoms with Gasteiger partial charge in [-0.1, -0.05) is 12.1 Å². The molecule has 1 aliphatic heterocycles. The highest BCUT2D eigenvalue weighted by Gasteiger charge is 2.39. The molecule has 2 aliphatic rings. The third kappa shape index (κ3) is 2.23. The number of rotatable bonds is 1. The van der Waals surface area contributed by atoms with Gasteiger partial charge in [0.25, 0.3) is 0 Å². The summed E-state index contributed by atoms with van der Waals surface area (Å²) < 4.78 is 0. The molecule has 0 fully saturated rings. The Kier molecular flexibility index (Phi) is 3.55. The molecule has 0 radical (unpaired) electrons. The van der Waals surface area contributed by atoms with Gasteiger partial charge in [0.1, 0.15) is 5.75 Å². The van der Waals surface area contributed by atoms with Crippen molar-refractivity contribution in [2.45, 2.75) is 63.8 Å². The number of nitrogens with zero attached hydrogens (tertiary/aromatic N) is 1. The van der Waals surface area contributed by atoms with Crippen molar-refractivity contribution >= 4 is 28.1 Å². The maximum atomic E-state index is 10.7. The van der Waals surface area contributed by atoms with Gasteiger partial charge in [0, 0.05) is 40.5 Å². The van der Waals surface area contributed by atoms with Crippen LogP contribution in [0.5, 0.6) is 5.75 Å². The van der Waals surface area contributed by atoms with E-state index in [-0.39, 0.29) is 10.9 Å². The highest BCUT2D eigenvalue weighted by Crippen LogP contribution is 2.50. The molecule has 1 N–H and O–H groups in total. The highest BCUT2D eigenvalue weighted by atomic mass is 35.5. The second-order valence-corrected chi connectivity index (χ2v) is 9.06. The van der Waals surface area contributed by atoms with Crippen molar-refractivity contribution < 1.29 is 5.11 Å². The Bertz CT molecular complexity index is 819. The molecule has 0 amide bonds. The van der Waals surface area contributed by atoms with Gasteiger partial charge in [-0.3, -0.25) is 0 Å². The van der Waals surface area contributed by atoms with Gasteiger partial charge in [0.15, 0.2) is 0 Å². The molecular weight excluding hydrogens is 318 g/mol. The Morgan fingerprint density at radius 1 is 1.25 bits per heavy atom. The van der Waals surface area contributed by atoms with Crippen LogP contribution in [0.25, 0.3) is 10.8 Å². The topological polar surface area (TPSA) is 23.5 Å². The normalized spacial score (nSPS) is 21.2. The number of benzene rings is 2. The SMILES string of the molecule is C[C@@H](Cl)[C@@H]1CN(C(C)(C)C)c2cc(O)c3ccc4c(c3c21)CCC4. The number of aryl methyl sites for hydroxylation is 2. The van der Waals surface area contributed by atoms with Crippen molar-refractivity contribution in [2.75, 3.05) is 11.4 Å². The van der Waals surface area contributed by atoms with E-state index < -0.39 is 0 Å². The minimum Gasteiger partial charge on any atom is -0.507 e. The Balaban J connectivity index is 2.09. The van der Waals surface area contributed by atoms with Gasteiger partial charge < -0.3 is 10.0 Å². The number of phenolic OH excluding ortho intramolecular Hbond substituents is 1. The molecule has 1 heterocycles. The predicted molar refractivity (Wildman–Crippen MR) is 103 cm³/mol. The standard InChI is InChI=1S/C21H26ClNO/c1-12(22)16-11-23(21(2,3)4)17-10-18(24)15-9-8-13-6-5-7-14(13)19(15)20(16)17/h8-10,12,16,24H,5-7,11H2,1-4H3/t12-,16+/m1/s1. The van der Waals surface area contributed by atoms with E-state index in [4.69, 9.17) is 11.6 Å². The van der Waals surface area contributed by atoms with Gasteiger partial charge in [-0.05, 0) is 69.0 Å². The van der Waals surface area contributed by atoms with Crippen LogP contribution in [0.4, 0.5) is 5.69 Å². The molecule has 1 aliphatic carbocycles. The zero-order chi connectivity index (χ0) is 17.2. The minimum atomic E-state index is 0.00729. The third-order valence-corrected chi connectivity index (χ3v) is 6.09. The fraction of sp³-hybridized carbons (Fsp3) is 0.524. The van der Waals surface area contributed by atoms with E-state index in [1.165, 1.54) is 34.2 Å². The minimum absolute atomic E-state index is 0.00729. The maximum absolute atomic E-state index is 10.7. The molecule has 0 unspecified atom stereocenters. The number of aromatic hydroxyl groups is 1. The Hall–Kier alpha value is -1.41. The number of alkyl halides is 1. The largest absolute Gasteiger partial charge is 0.507 e. The molecule has 128 valence electrons. The Labute approximate surface area is 149 Å². The lowest BCUT2D eigenvalue weighted by Gasteiger charge is -2.35. The number of fused-ring (bicyclic) bond motifs is 5. The lowest BCUT2D eigenvalue weighted by atomic mass is 9.88. The molecule has 4 rings (SSSR count). The van der Waals surface area contributed by atoms with E-state index >= 15 is 0 Å². The first-order valence-electron chi connectivity index (χ1n) is 9.01. The zero-order valence-corrected chi connectivity index (χ0v) is 15.7. The van der Waals surface area contributed by atoms with E-state index in [1.54, 1.807) is 0 Å². The first kappa shape index (κ1) is 16.1. The summed E-state index contributed by atoms with van der Waals surface area (Å²) in [4.78, 5) is 2.42. The molecule has 2 aromatic carbocycles. The van der Waals surface area contributed by atoms with E-state index in [1.807, 2.05) is 6.07 Å². The van der Waals surface area contributed by atoms with Crippen molar-refractivity contribution in [1.29, 1.82) is 0 Å². The van der Waals surface area contributed by atoms with Crippen LogP contribution < -0.4 is 4.90 Å². The van der Waals surface area contributed by atoms with Crippen LogP contribution in [0.3, 0.4) is 0 Å². The third-order valence-electron chi connectivity index (χ3n) is 5.78. The van der Waals surface area contributed by atoms with Crippen LogP contribution >= 0.6 is 11.6 Å². The predicted octanol–water partition coefficient (Wildman–Crippen LogP) is 5.36. The highest BCUT2D eigenvalue weighted by molar-refractivity contribution is 6.21. The maximum Gasteiger partial charge on any atom is 0.125 e. The summed E-state index contributed by atoms with van der Waals surface area (Å²) in [6.07, 6.45) is 3.48. The summed E-state index contributed by atoms with van der Waals surface area (Å²) >= 11 is 6.63. The summed E-state index contributed by atoms with van der Waals surface area (Å²) in [7, 11) is 0. The molecule has 2 aromatic rings. The van der Waals surface area contributed by atoms with Gasteiger partial charge in [-0.15, -0.1) is 11.6 Å². The van der Waals surface area contributed by atoms with Crippen LogP contribution in [0, 0.1) is 0 Å². The van der Waals surface area contributed by atoms with Crippen molar-refractivity contribution in [3.63, 3.8) is 0 Å². The number of phenols is 1. The molecule has 0 bridgehead atoms. The lowest BCUT2D eigenvalue weighted by molar-refractivity contribution is 0.479. The molecule has 0 saturated carbocycles. The second-order valence-electron chi connectivity index (χ2n) is 8.37. The van der Waals surface area contributed by atoms with Gasteiger partial charge in [-0.2, -0.15) is 0 Å². The van der Waals surface area contributed by atoms with Gasteiger partial charge in [-0.25, -0.2) is 0 Å². The first-order valence-corrected chi connectivity index (χ1v) is 9.44. The van der Waals surface area contributed by atoms with Crippen molar-refractivity contribution in [3.8, 4) is 5.75 Å². The van der Waals surface area contributed by atoms with E-state index in [0.29, 0.717) is 11.7 Å². The van der Waals surface area contributed by atoms with Gasteiger partial charge in [0.05, 0.1) is 0 Å². The molecule has 2 atom stereocenters. The number of hydrogen-bond donors (Lipinski definition) is 1. The summed E-state index contributed by atoms with van der Waals surface area (Å²) in [6.45, 7) is 9.72. The summed E-state index contributed by atoms with van der Waals surface area (Å²) in [5, 5.41) is 13.1. The van der Waals surface area contributed by atoms with Crippen molar-refractivity contribution in [1.82, 2.24) is 0 Å². The van der Waals surface area contributed by atoms with Gasteiger partial charge in [0.2, 0.25) is 0 Å². The fourth-order valence-corrected chi connectivity index (χ4v) is 4.80. The second kappa shape index (κ2) is 5.29. The molecule has 24 heavy (non-hydrogen) atoms.